The number of aromatic amines is 1. The van der Waals surface area contributed by atoms with Gasteiger partial charge in [0.25, 0.3) is 0 Å². The van der Waals surface area contributed by atoms with Crippen LogP contribution in [0.2, 0.25) is 0 Å². The molecule has 1 N–H and O–H groups in total. The highest BCUT2D eigenvalue weighted by molar-refractivity contribution is 5.75. The van der Waals surface area contributed by atoms with Crippen molar-refractivity contribution in [3.63, 3.8) is 0 Å². The van der Waals surface area contributed by atoms with E-state index in [1.165, 1.54) is 5.56 Å². The summed E-state index contributed by atoms with van der Waals surface area (Å²) >= 11 is 0. The average molecular weight is 340 g/mol. The van der Waals surface area contributed by atoms with Gasteiger partial charge in [-0.1, -0.05) is 12.1 Å². The molecule has 1 saturated heterocycles. The molecule has 0 bridgehead atoms. The van der Waals surface area contributed by atoms with Crippen LogP contribution in [-0.2, 0) is 17.9 Å². The van der Waals surface area contributed by atoms with Crippen LogP contribution in [0.25, 0.3) is 11.0 Å². The number of aryl methyl sites for hydroxylation is 1. The van der Waals surface area contributed by atoms with Crippen LogP contribution < -0.4 is 0 Å². The summed E-state index contributed by atoms with van der Waals surface area (Å²) in [7, 11) is 0. The number of imidazole rings is 1. The molecule has 25 heavy (non-hydrogen) atoms. The number of halogens is 1. The van der Waals surface area contributed by atoms with E-state index in [9.17, 15) is 4.39 Å². The van der Waals surface area contributed by atoms with Crippen molar-refractivity contribution in [2.24, 2.45) is 0 Å². The Morgan fingerprint density at radius 1 is 1.32 bits per heavy atom. The molecule has 2 atom stereocenters. The molecule has 0 unspecified atom stereocenters. The van der Waals surface area contributed by atoms with Gasteiger partial charge in [0.15, 0.2) is 0 Å². The number of H-pyrrole nitrogens is 1. The van der Waals surface area contributed by atoms with Crippen LogP contribution in [0.4, 0.5) is 4.39 Å². The first-order valence-electron chi connectivity index (χ1n) is 8.49. The molecule has 0 amide bonds. The maximum absolute atomic E-state index is 14.3. The minimum atomic E-state index is -0.983. The van der Waals surface area contributed by atoms with E-state index in [2.05, 4.69) is 25.9 Å². The number of pyridine rings is 1. The van der Waals surface area contributed by atoms with E-state index in [1.807, 2.05) is 37.4 Å². The third-order valence-electron chi connectivity index (χ3n) is 4.52. The smallest absolute Gasteiger partial charge is 0.140 e. The molecule has 0 aliphatic carbocycles. The minimum Gasteiger partial charge on any atom is -0.366 e. The summed E-state index contributed by atoms with van der Waals surface area (Å²) in [5.41, 5.74) is 4.16. The SMILES string of the molecule is Cc1ccc2nc(CO[C@H]3CN(Cc4cccnc4)C[C@H]3F)[nH]c2c1. The largest absolute Gasteiger partial charge is 0.366 e. The number of nitrogens with zero attached hydrogens (tertiary/aromatic N) is 3. The molecule has 130 valence electrons. The molecule has 0 saturated carbocycles. The van der Waals surface area contributed by atoms with Crippen LogP contribution in [0.3, 0.4) is 0 Å². The van der Waals surface area contributed by atoms with Crippen molar-refractivity contribution >= 4 is 11.0 Å². The lowest BCUT2D eigenvalue weighted by molar-refractivity contribution is 0.00863. The molecular weight excluding hydrogens is 319 g/mol. The molecule has 1 aliphatic heterocycles. The molecule has 1 aliphatic rings. The second-order valence-electron chi connectivity index (χ2n) is 6.62. The lowest BCUT2D eigenvalue weighted by Gasteiger charge is -2.15. The Kier molecular flexibility index (Phi) is 4.46. The predicted molar refractivity (Wildman–Crippen MR) is 93.8 cm³/mol. The lowest BCUT2D eigenvalue weighted by atomic mass is 10.2. The van der Waals surface area contributed by atoms with Crippen molar-refractivity contribution in [1.82, 2.24) is 19.9 Å². The number of likely N-dealkylation sites (tertiary alicyclic amines) is 1. The van der Waals surface area contributed by atoms with Crippen LogP contribution >= 0.6 is 0 Å². The number of aromatic nitrogens is 3. The van der Waals surface area contributed by atoms with Crippen LogP contribution in [0, 0.1) is 6.92 Å². The van der Waals surface area contributed by atoms with Gasteiger partial charge in [-0.15, -0.1) is 0 Å². The first-order chi connectivity index (χ1) is 12.2. The maximum Gasteiger partial charge on any atom is 0.140 e. The van der Waals surface area contributed by atoms with E-state index < -0.39 is 12.3 Å². The van der Waals surface area contributed by atoms with Crippen molar-refractivity contribution in [2.45, 2.75) is 32.4 Å². The minimum absolute atomic E-state index is 0.291. The van der Waals surface area contributed by atoms with Crippen molar-refractivity contribution in [2.75, 3.05) is 13.1 Å². The molecule has 4 rings (SSSR count). The fraction of sp³-hybridized carbons (Fsp3) is 0.368. The van der Waals surface area contributed by atoms with Crippen molar-refractivity contribution in [1.29, 1.82) is 0 Å². The Morgan fingerprint density at radius 2 is 2.24 bits per heavy atom. The summed E-state index contributed by atoms with van der Waals surface area (Å²) in [6, 6.07) is 9.96. The number of hydrogen-bond donors (Lipinski definition) is 1. The van der Waals surface area contributed by atoms with Gasteiger partial charge in [-0.3, -0.25) is 9.88 Å². The Morgan fingerprint density at radius 3 is 3.08 bits per heavy atom. The van der Waals surface area contributed by atoms with Gasteiger partial charge < -0.3 is 9.72 Å². The molecule has 2 aromatic heterocycles. The normalized spacial score (nSPS) is 21.2. The zero-order chi connectivity index (χ0) is 17.2. The zero-order valence-corrected chi connectivity index (χ0v) is 14.2. The summed E-state index contributed by atoms with van der Waals surface area (Å²) in [5.74, 6) is 0.735. The van der Waals surface area contributed by atoms with Crippen molar-refractivity contribution in [3.8, 4) is 0 Å². The van der Waals surface area contributed by atoms with Gasteiger partial charge in [-0.25, -0.2) is 9.37 Å². The number of benzene rings is 1. The Labute approximate surface area is 145 Å². The summed E-state index contributed by atoms with van der Waals surface area (Å²) in [5, 5.41) is 0. The van der Waals surface area contributed by atoms with Gasteiger partial charge in [-0.05, 0) is 36.2 Å². The molecule has 1 aromatic carbocycles. The quantitative estimate of drug-likeness (QED) is 0.776. The van der Waals surface area contributed by atoms with Crippen LogP contribution in [0.5, 0.6) is 0 Å². The Balaban J connectivity index is 1.35. The third-order valence-corrected chi connectivity index (χ3v) is 4.52. The predicted octanol–water partition coefficient (Wildman–Crippen LogP) is 3.01. The number of ether oxygens (including phenoxy) is 1. The summed E-state index contributed by atoms with van der Waals surface area (Å²) in [6.07, 6.45) is 2.15. The molecule has 1 fully saturated rings. The van der Waals surface area contributed by atoms with Crippen LogP contribution in [0.1, 0.15) is 17.0 Å². The lowest BCUT2D eigenvalue weighted by Crippen LogP contribution is -2.24. The summed E-state index contributed by atoms with van der Waals surface area (Å²) < 4.78 is 20.1. The van der Waals surface area contributed by atoms with Crippen LogP contribution in [-0.4, -0.2) is 45.2 Å². The van der Waals surface area contributed by atoms with E-state index >= 15 is 0 Å². The van der Waals surface area contributed by atoms with Crippen LogP contribution in [0.15, 0.2) is 42.7 Å². The van der Waals surface area contributed by atoms with Gasteiger partial charge in [0.05, 0.1) is 11.0 Å². The molecule has 3 heterocycles. The Hall–Kier alpha value is -2.31. The van der Waals surface area contributed by atoms with Crippen molar-refractivity contribution < 1.29 is 9.13 Å². The topological polar surface area (TPSA) is 54.0 Å². The molecule has 5 nitrogen and oxygen atoms in total. The Bertz CT molecular complexity index is 851. The molecular formula is C19H21FN4O. The van der Waals surface area contributed by atoms with Gasteiger partial charge in [-0.2, -0.15) is 0 Å². The highest BCUT2D eigenvalue weighted by Crippen LogP contribution is 2.21. The second-order valence-corrected chi connectivity index (χ2v) is 6.62. The first-order valence-corrected chi connectivity index (χ1v) is 8.49. The van der Waals surface area contributed by atoms with Crippen molar-refractivity contribution in [3.05, 3.63) is 59.7 Å². The highest BCUT2D eigenvalue weighted by atomic mass is 19.1. The van der Waals surface area contributed by atoms with E-state index in [4.69, 9.17) is 4.74 Å². The highest BCUT2D eigenvalue weighted by Gasteiger charge is 2.33. The molecule has 0 radical (unpaired) electrons. The zero-order valence-electron chi connectivity index (χ0n) is 14.2. The monoisotopic (exact) mass is 340 g/mol. The van der Waals surface area contributed by atoms with Gasteiger partial charge in [0.2, 0.25) is 0 Å². The average Bonchev–Trinajstić information content (AvgIpc) is 3.16. The number of nitrogens with one attached hydrogen (secondary N) is 1. The molecule has 0 spiro atoms. The van der Waals surface area contributed by atoms with E-state index in [0.717, 1.165) is 22.4 Å². The van der Waals surface area contributed by atoms with Gasteiger partial charge >= 0.3 is 0 Å². The number of alkyl halides is 1. The standard InChI is InChI=1S/C19H21FN4O/c1-13-4-5-16-17(7-13)23-19(22-16)12-25-18-11-24(10-15(18)20)9-14-3-2-6-21-8-14/h2-8,15,18H,9-12H2,1H3,(H,22,23)/t15-,18+/m1/s1. The third kappa shape index (κ3) is 3.70. The molecule has 6 heteroatoms. The van der Waals surface area contributed by atoms with E-state index in [1.54, 1.807) is 6.20 Å². The van der Waals surface area contributed by atoms with E-state index in [-0.39, 0.29) is 0 Å². The summed E-state index contributed by atoms with van der Waals surface area (Å²) in [6.45, 7) is 3.99. The fourth-order valence-electron chi connectivity index (χ4n) is 3.27. The van der Waals surface area contributed by atoms with E-state index in [0.29, 0.717) is 26.2 Å². The summed E-state index contributed by atoms with van der Waals surface area (Å²) in [4.78, 5) is 13.9. The second kappa shape index (κ2) is 6.90. The fourth-order valence-corrected chi connectivity index (χ4v) is 3.27. The first kappa shape index (κ1) is 16.2. The maximum atomic E-state index is 14.3. The van der Waals surface area contributed by atoms with Gasteiger partial charge in [0.1, 0.15) is 24.7 Å². The molecule has 3 aromatic rings. The number of rotatable bonds is 5. The van der Waals surface area contributed by atoms with Gasteiger partial charge in [0, 0.05) is 32.0 Å². The number of hydrogen-bond acceptors (Lipinski definition) is 4. The number of fused-ring (bicyclic) bond motifs is 1.